The highest BCUT2D eigenvalue weighted by atomic mass is 79.9. The van der Waals surface area contributed by atoms with Gasteiger partial charge in [-0.25, -0.2) is 4.79 Å². The molecule has 0 bridgehead atoms. The molecule has 0 amide bonds. The van der Waals surface area contributed by atoms with Crippen LogP contribution in [0.25, 0.3) is 0 Å². The van der Waals surface area contributed by atoms with Crippen molar-refractivity contribution in [1.82, 2.24) is 5.32 Å². The maximum absolute atomic E-state index is 11.8. The summed E-state index contributed by atoms with van der Waals surface area (Å²) in [5, 5.41) is 3.72. The first-order chi connectivity index (χ1) is 8.10. The van der Waals surface area contributed by atoms with Gasteiger partial charge >= 0.3 is 5.97 Å². The van der Waals surface area contributed by atoms with Gasteiger partial charge in [-0.05, 0) is 31.2 Å². The number of hydrogen-bond acceptors (Lipinski definition) is 3. The molecule has 0 spiro atoms. The van der Waals surface area contributed by atoms with Gasteiger partial charge < -0.3 is 10.1 Å². The van der Waals surface area contributed by atoms with Crippen LogP contribution in [0.3, 0.4) is 0 Å². The number of esters is 1. The third-order valence-electron chi connectivity index (χ3n) is 2.20. The molecule has 1 atom stereocenters. The molecule has 0 saturated heterocycles. The number of hydrogen-bond donors (Lipinski definition) is 1. The van der Waals surface area contributed by atoms with E-state index in [4.69, 9.17) is 16.3 Å². The highest BCUT2D eigenvalue weighted by Gasteiger charge is 2.22. The van der Waals surface area contributed by atoms with Gasteiger partial charge in [-0.3, -0.25) is 0 Å². The predicted octanol–water partition coefficient (Wildman–Crippen LogP) is 3.32. The highest BCUT2D eigenvalue weighted by Crippen LogP contribution is 2.27. The monoisotopic (exact) mass is 319 g/mol. The second kappa shape index (κ2) is 6.99. The molecule has 1 rings (SSSR count). The fraction of sp³-hybridized carbons (Fsp3) is 0.417. The van der Waals surface area contributed by atoms with Crippen LogP contribution < -0.4 is 5.32 Å². The summed E-state index contributed by atoms with van der Waals surface area (Å²) < 4.78 is 5.84. The Hall–Kier alpha value is -0.580. The number of benzene rings is 1. The van der Waals surface area contributed by atoms with E-state index in [0.29, 0.717) is 18.2 Å². The van der Waals surface area contributed by atoms with Crippen LogP contribution in [0.15, 0.2) is 22.7 Å². The standard InChI is InChI=1S/C12H15BrClNO2/c1-3-15-11(12(16)17-4-2)9-6-5-8(14)7-10(9)13/h5-7,11,15H,3-4H2,1-2H3. The lowest BCUT2D eigenvalue weighted by Gasteiger charge is -2.18. The highest BCUT2D eigenvalue weighted by molar-refractivity contribution is 9.10. The number of nitrogens with one attached hydrogen (secondary N) is 1. The number of likely N-dealkylation sites (N-methyl/N-ethyl adjacent to an activating group) is 1. The summed E-state index contributed by atoms with van der Waals surface area (Å²) in [6, 6.07) is 4.87. The zero-order chi connectivity index (χ0) is 12.8. The van der Waals surface area contributed by atoms with Crippen LogP contribution in [-0.2, 0) is 9.53 Å². The average molecular weight is 321 g/mol. The van der Waals surface area contributed by atoms with Crippen LogP contribution in [0.5, 0.6) is 0 Å². The first kappa shape index (κ1) is 14.5. The van der Waals surface area contributed by atoms with E-state index in [9.17, 15) is 4.79 Å². The van der Waals surface area contributed by atoms with Gasteiger partial charge in [-0.15, -0.1) is 0 Å². The molecule has 94 valence electrons. The molecule has 0 aliphatic carbocycles. The normalized spacial score (nSPS) is 12.2. The first-order valence-electron chi connectivity index (χ1n) is 5.45. The van der Waals surface area contributed by atoms with E-state index in [0.717, 1.165) is 10.0 Å². The van der Waals surface area contributed by atoms with Crippen LogP contribution in [0.4, 0.5) is 0 Å². The fourth-order valence-electron chi connectivity index (χ4n) is 1.49. The Morgan fingerprint density at radius 3 is 2.76 bits per heavy atom. The van der Waals surface area contributed by atoms with E-state index in [1.807, 2.05) is 13.0 Å². The Labute approximate surface area is 115 Å². The summed E-state index contributed by atoms with van der Waals surface area (Å²) in [7, 11) is 0. The molecule has 0 saturated carbocycles. The van der Waals surface area contributed by atoms with E-state index in [2.05, 4.69) is 21.2 Å². The quantitative estimate of drug-likeness (QED) is 0.846. The molecule has 0 fully saturated rings. The second-order valence-electron chi connectivity index (χ2n) is 3.41. The molecule has 1 aromatic carbocycles. The smallest absolute Gasteiger partial charge is 0.327 e. The average Bonchev–Trinajstić information content (AvgIpc) is 2.27. The van der Waals surface area contributed by atoms with Crippen molar-refractivity contribution in [1.29, 1.82) is 0 Å². The summed E-state index contributed by atoms with van der Waals surface area (Å²) in [5.74, 6) is -0.280. The molecular formula is C12H15BrClNO2. The van der Waals surface area contributed by atoms with Crippen molar-refractivity contribution >= 4 is 33.5 Å². The Bertz CT molecular complexity index is 398. The molecule has 3 nitrogen and oxygen atoms in total. The Morgan fingerprint density at radius 1 is 1.53 bits per heavy atom. The molecule has 1 aromatic rings. The maximum Gasteiger partial charge on any atom is 0.327 e. The van der Waals surface area contributed by atoms with Crippen molar-refractivity contribution in [3.8, 4) is 0 Å². The number of carbonyl (C=O) groups excluding carboxylic acids is 1. The molecule has 0 aliphatic rings. The van der Waals surface area contributed by atoms with Crippen LogP contribution in [0.2, 0.25) is 5.02 Å². The van der Waals surface area contributed by atoms with Crippen molar-refractivity contribution < 1.29 is 9.53 Å². The van der Waals surface area contributed by atoms with Crippen LogP contribution in [0, 0.1) is 0 Å². The predicted molar refractivity (Wildman–Crippen MR) is 72.2 cm³/mol. The van der Waals surface area contributed by atoms with Gasteiger partial charge in [0.2, 0.25) is 0 Å². The summed E-state index contributed by atoms with van der Waals surface area (Å²) >= 11 is 9.28. The minimum absolute atomic E-state index is 0.280. The van der Waals surface area contributed by atoms with Gasteiger partial charge in [0.1, 0.15) is 6.04 Å². The molecular weight excluding hydrogens is 305 g/mol. The zero-order valence-electron chi connectivity index (χ0n) is 9.80. The number of halogens is 2. The van der Waals surface area contributed by atoms with E-state index < -0.39 is 6.04 Å². The van der Waals surface area contributed by atoms with Crippen LogP contribution in [-0.4, -0.2) is 19.1 Å². The van der Waals surface area contributed by atoms with Gasteiger partial charge in [0.15, 0.2) is 0 Å². The Kier molecular flexibility index (Phi) is 5.95. The topological polar surface area (TPSA) is 38.3 Å². The molecule has 0 aromatic heterocycles. The van der Waals surface area contributed by atoms with Crippen molar-refractivity contribution in [2.75, 3.05) is 13.2 Å². The molecule has 0 heterocycles. The van der Waals surface area contributed by atoms with Gasteiger partial charge in [0, 0.05) is 9.50 Å². The first-order valence-corrected chi connectivity index (χ1v) is 6.62. The van der Waals surface area contributed by atoms with E-state index in [1.54, 1.807) is 19.1 Å². The second-order valence-corrected chi connectivity index (χ2v) is 4.70. The number of carbonyl (C=O) groups is 1. The SMILES string of the molecule is CCNC(C(=O)OCC)c1ccc(Cl)cc1Br. The van der Waals surface area contributed by atoms with E-state index in [-0.39, 0.29) is 5.97 Å². The summed E-state index contributed by atoms with van der Waals surface area (Å²) in [5.41, 5.74) is 0.828. The summed E-state index contributed by atoms with van der Waals surface area (Å²) in [6.07, 6.45) is 0. The third-order valence-corrected chi connectivity index (χ3v) is 3.13. The van der Waals surface area contributed by atoms with Crippen molar-refractivity contribution in [3.05, 3.63) is 33.3 Å². The molecule has 1 unspecified atom stereocenters. The van der Waals surface area contributed by atoms with Crippen molar-refractivity contribution in [3.63, 3.8) is 0 Å². The largest absolute Gasteiger partial charge is 0.465 e. The van der Waals surface area contributed by atoms with Crippen LogP contribution >= 0.6 is 27.5 Å². The third kappa shape index (κ3) is 3.98. The van der Waals surface area contributed by atoms with Gasteiger partial charge in [0.05, 0.1) is 6.61 Å². The molecule has 0 aliphatic heterocycles. The van der Waals surface area contributed by atoms with Gasteiger partial charge in [-0.1, -0.05) is 40.5 Å². The van der Waals surface area contributed by atoms with E-state index >= 15 is 0 Å². The molecule has 1 N–H and O–H groups in total. The minimum Gasteiger partial charge on any atom is -0.465 e. The summed E-state index contributed by atoms with van der Waals surface area (Å²) in [4.78, 5) is 11.8. The van der Waals surface area contributed by atoms with Crippen LogP contribution in [0.1, 0.15) is 25.5 Å². The zero-order valence-corrected chi connectivity index (χ0v) is 12.1. The van der Waals surface area contributed by atoms with Crippen molar-refractivity contribution in [2.45, 2.75) is 19.9 Å². The molecule has 5 heteroatoms. The fourth-order valence-corrected chi connectivity index (χ4v) is 2.40. The number of ether oxygens (including phenoxy) is 1. The Morgan fingerprint density at radius 2 is 2.24 bits per heavy atom. The van der Waals surface area contributed by atoms with Gasteiger partial charge in [-0.2, -0.15) is 0 Å². The summed E-state index contributed by atoms with van der Waals surface area (Å²) in [6.45, 7) is 4.78. The molecule has 0 radical (unpaired) electrons. The lowest BCUT2D eigenvalue weighted by Crippen LogP contribution is -2.30. The maximum atomic E-state index is 11.8. The van der Waals surface area contributed by atoms with Gasteiger partial charge in [0.25, 0.3) is 0 Å². The minimum atomic E-state index is -0.466. The van der Waals surface area contributed by atoms with E-state index in [1.165, 1.54) is 0 Å². The lowest BCUT2D eigenvalue weighted by molar-refractivity contribution is -0.145. The van der Waals surface area contributed by atoms with Crippen molar-refractivity contribution in [2.24, 2.45) is 0 Å². The molecule has 17 heavy (non-hydrogen) atoms. The lowest BCUT2D eigenvalue weighted by atomic mass is 10.1. The number of rotatable bonds is 5. The Balaban J connectivity index is 3.00.